The van der Waals surface area contributed by atoms with Crippen molar-refractivity contribution in [2.45, 2.75) is 26.2 Å². The van der Waals surface area contributed by atoms with Gasteiger partial charge in [-0.15, -0.1) is 0 Å². The lowest BCUT2D eigenvalue weighted by atomic mass is 9.98. The first-order valence-corrected chi connectivity index (χ1v) is 4.23. The fourth-order valence-electron chi connectivity index (χ4n) is 1.76. The summed E-state index contributed by atoms with van der Waals surface area (Å²) in [4.78, 5) is 10.4. The van der Waals surface area contributed by atoms with E-state index in [9.17, 15) is 4.79 Å². The smallest absolute Gasteiger partial charge is 0.312 e. The van der Waals surface area contributed by atoms with Crippen LogP contribution < -0.4 is 11.1 Å². The normalized spacial score (nSPS) is 30.3. The maximum Gasteiger partial charge on any atom is 0.312 e. The molecule has 2 unspecified atom stereocenters. The van der Waals surface area contributed by atoms with Gasteiger partial charge in [0.05, 0.1) is 0 Å². The average molecular weight is 156 g/mol. The van der Waals surface area contributed by atoms with Crippen LogP contribution in [0.1, 0.15) is 26.2 Å². The first-order valence-electron chi connectivity index (χ1n) is 4.23. The summed E-state index contributed by atoms with van der Waals surface area (Å²) in [6.07, 6.45) is 3.83. The van der Waals surface area contributed by atoms with Gasteiger partial charge in [0.2, 0.25) is 0 Å². The second kappa shape index (κ2) is 3.60. The lowest BCUT2D eigenvalue weighted by Gasteiger charge is -2.14. The maximum atomic E-state index is 10.4. The number of nitrogens with one attached hydrogen (secondary N) is 1. The van der Waals surface area contributed by atoms with Crippen LogP contribution in [0, 0.1) is 11.8 Å². The van der Waals surface area contributed by atoms with Crippen LogP contribution in [0.3, 0.4) is 0 Å². The summed E-state index contributed by atoms with van der Waals surface area (Å²) in [7, 11) is 0. The fourth-order valence-corrected chi connectivity index (χ4v) is 1.76. The van der Waals surface area contributed by atoms with Gasteiger partial charge in [-0.05, 0) is 18.3 Å². The molecule has 0 heterocycles. The van der Waals surface area contributed by atoms with E-state index in [1.54, 1.807) is 0 Å². The van der Waals surface area contributed by atoms with Gasteiger partial charge in [0.15, 0.2) is 0 Å². The summed E-state index contributed by atoms with van der Waals surface area (Å²) in [5.41, 5.74) is 4.97. The lowest BCUT2D eigenvalue weighted by Crippen LogP contribution is -2.34. The van der Waals surface area contributed by atoms with Gasteiger partial charge in [-0.3, -0.25) is 0 Å². The monoisotopic (exact) mass is 156 g/mol. The molecular weight excluding hydrogens is 140 g/mol. The number of carbonyl (C=O) groups excluding carboxylic acids is 1. The van der Waals surface area contributed by atoms with E-state index in [1.807, 2.05) is 0 Å². The Hall–Kier alpha value is -0.730. The Kier molecular flexibility index (Phi) is 2.74. The topological polar surface area (TPSA) is 55.1 Å². The molecule has 3 nitrogen and oxygen atoms in total. The van der Waals surface area contributed by atoms with Crippen molar-refractivity contribution in [1.29, 1.82) is 0 Å². The Balaban J connectivity index is 2.20. The number of primary amides is 1. The molecule has 0 spiro atoms. The summed E-state index contributed by atoms with van der Waals surface area (Å²) < 4.78 is 0. The number of urea groups is 1. The summed E-state index contributed by atoms with van der Waals surface area (Å²) in [6, 6.07) is -0.399. The van der Waals surface area contributed by atoms with E-state index in [2.05, 4.69) is 12.2 Å². The van der Waals surface area contributed by atoms with E-state index in [0.717, 1.165) is 12.5 Å². The molecule has 0 bridgehead atoms. The van der Waals surface area contributed by atoms with E-state index >= 15 is 0 Å². The highest BCUT2D eigenvalue weighted by atomic mass is 16.2. The highest BCUT2D eigenvalue weighted by molar-refractivity contribution is 5.71. The van der Waals surface area contributed by atoms with Crippen LogP contribution in [0.15, 0.2) is 0 Å². The van der Waals surface area contributed by atoms with E-state index in [0.29, 0.717) is 5.92 Å². The second-order valence-corrected chi connectivity index (χ2v) is 3.41. The van der Waals surface area contributed by atoms with Crippen LogP contribution in [-0.4, -0.2) is 12.6 Å². The first kappa shape index (κ1) is 8.37. The lowest BCUT2D eigenvalue weighted by molar-refractivity contribution is 0.245. The van der Waals surface area contributed by atoms with Crippen LogP contribution in [0.2, 0.25) is 0 Å². The SMILES string of the molecule is CC1CCCC1CNC(N)=O. The molecule has 1 rings (SSSR count). The molecule has 1 fully saturated rings. The molecule has 0 radical (unpaired) electrons. The molecule has 0 aromatic rings. The average Bonchev–Trinajstić information content (AvgIpc) is 2.31. The third-order valence-corrected chi connectivity index (χ3v) is 2.58. The Labute approximate surface area is 67.3 Å². The number of hydrogen-bond donors (Lipinski definition) is 2. The van der Waals surface area contributed by atoms with Crippen molar-refractivity contribution < 1.29 is 4.79 Å². The first-order chi connectivity index (χ1) is 5.20. The highest BCUT2D eigenvalue weighted by Crippen LogP contribution is 2.30. The summed E-state index contributed by atoms with van der Waals surface area (Å²) in [5, 5.41) is 2.66. The molecule has 0 saturated heterocycles. The van der Waals surface area contributed by atoms with E-state index in [-0.39, 0.29) is 0 Å². The van der Waals surface area contributed by atoms with Gasteiger partial charge in [-0.2, -0.15) is 0 Å². The van der Waals surface area contributed by atoms with E-state index < -0.39 is 6.03 Å². The summed E-state index contributed by atoms with van der Waals surface area (Å²) in [6.45, 7) is 3.00. The minimum atomic E-state index is -0.399. The maximum absolute atomic E-state index is 10.4. The van der Waals surface area contributed by atoms with Gasteiger partial charge >= 0.3 is 6.03 Å². The van der Waals surface area contributed by atoms with Gasteiger partial charge in [0.1, 0.15) is 0 Å². The van der Waals surface area contributed by atoms with E-state index in [4.69, 9.17) is 5.73 Å². The van der Waals surface area contributed by atoms with Gasteiger partial charge in [-0.25, -0.2) is 4.79 Å². The molecule has 1 aliphatic rings. The minimum absolute atomic E-state index is 0.399. The van der Waals surface area contributed by atoms with Crippen molar-refractivity contribution in [3.8, 4) is 0 Å². The molecule has 3 N–H and O–H groups in total. The molecule has 1 saturated carbocycles. The Morgan fingerprint density at radius 2 is 2.36 bits per heavy atom. The number of hydrogen-bond acceptors (Lipinski definition) is 1. The van der Waals surface area contributed by atoms with E-state index in [1.165, 1.54) is 19.3 Å². The predicted octanol–water partition coefficient (Wildman–Crippen LogP) is 1.09. The quantitative estimate of drug-likeness (QED) is 0.617. The molecule has 0 aromatic carbocycles. The second-order valence-electron chi connectivity index (χ2n) is 3.41. The Bertz CT molecular complexity index is 147. The van der Waals surface area contributed by atoms with Gasteiger partial charge in [0.25, 0.3) is 0 Å². The zero-order chi connectivity index (χ0) is 8.27. The number of nitrogens with two attached hydrogens (primary N) is 1. The summed E-state index contributed by atoms with van der Waals surface area (Å²) >= 11 is 0. The van der Waals surface area contributed by atoms with Crippen molar-refractivity contribution in [3.05, 3.63) is 0 Å². The van der Waals surface area contributed by atoms with Crippen LogP contribution in [-0.2, 0) is 0 Å². The zero-order valence-electron chi connectivity index (χ0n) is 6.97. The summed E-state index contributed by atoms with van der Waals surface area (Å²) in [5.74, 6) is 1.41. The van der Waals surface area contributed by atoms with Crippen molar-refractivity contribution in [3.63, 3.8) is 0 Å². The van der Waals surface area contributed by atoms with Crippen molar-refractivity contribution >= 4 is 6.03 Å². The standard InChI is InChI=1S/C8H16N2O/c1-6-3-2-4-7(6)5-10-8(9)11/h6-7H,2-5H2,1H3,(H3,9,10,11). The molecule has 11 heavy (non-hydrogen) atoms. The third-order valence-electron chi connectivity index (χ3n) is 2.58. The van der Waals surface area contributed by atoms with Crippen molar-refractivity contribution in [2.24, 2.45) is 17.6 Å². The highest BCUT2D eigenvalue weighted by Gasteiger charge is 2.22. The molecule has 1 aliphatic carbocycles. The van der Waals surface area contributed by atoms with Crippen molar-refractivity contribution in [1.82, 2.24) is 5.32 Å². The van der Waals surface area contributed by atoms with Crippen LogP contribution in [0.5, 0.6) is 0 Å². The molecule has 0 aliphatic heterocycles. The molecule has 2 amide bonds. The molecule has 64 valence electrons. The van der Waals surface area contributed by atoms with Crippen LogP contribution in [0.25, 0.3) is 0 Å². The van der Waals surface area contributed by atoms with Gasteiger partial charge in [0, 0.05) is 6.54 Å². The third kappa shape index (κ3) is 2.41. The van der Waals surface area contributed by atoms with Crippen molar-refractivity contribution in [2.75, 3.05) is 6.54 Å². The number of amides is 2. The van der Waals surface area contributed by atoms with Gasteiger partial charge < -0.3 is 11.1 Å². The van der Waals surface area contributed by atoms with Crippen LogP contribution >= 0.6 is 0 Å². The number of carbonyl (C=O) groups is 1. The predicted molar refractivity (Wildman–Crippen MR) is 44.1 cm³/mol. The van der Waals surface area contributed by atoms with Crippen LogP contribution in [0.4, 0.5) is 4.79 Å². The Morgan fingerprint density at radius 3 is 2.82 bits per heavy atom. The minimum Gasteiger partial charge on any atom is -0.352 e. The fraction of sp³-hybridized carbons (Fsp3) is 0.875. The largest absolute Gasteiger partial charge is 0.352 e. The molecule has 0 aromatic heterocycles. The Morgan fingerprint density at radius 1 is 1.64 bits per heavy atom. The zero-order valence-corrected chi connectivity index (χ0v) is 6.97. The molecule has 2 atom stereocenters. The van der Waals surface area contributed by atoms with Gasteiger partial charge in [-0.1, -0.05) is 19.8 Å². The molecular formula is C8H16N2O. The number of rotatable bonds is 2. The molecule has 3 heteroatoms.